The lowest BCUT2D eigenvalue weighted by atomic mass is 9.55. The number of hydrogen-bond acceptors (Lipinski definition) is 7. The Hall–Kier alpha value is -0.330. The minimum absolute atomic E-state index is 0.130. The van der Waals surface area contributed by atoms with Gasteiger partial charge in [-0.15, -0.1) is 23.2 Å². The molecule has 6 fully saturated rings. The average molecular weight is 556 g/mol. The van der Waals surface area contributed by atoms with Crippen LogP contribution in [0, 0.1) is 5.41 Å². The molecule has 1 saturated heterocycles. The summed E-state index contributed by atoms with van der Waals surface area (Å²) in [6, 6.07) is 0. The lowest BCUT2D eigenvalue weighted by Gasteiger charge is -2.57. The summed E-state index contributed by atoms with van der Waals surface area (Å²) >= 11 is 11.9. The number of aliphatic hydroxyl groups excluding tert-OH is 1. The number of halogens is 4. The van der Waals surface area contributed by atoms with Gasteiger partial charge in [-0.1, -0.05) is 0 Å². The summed E-state index contributed by atoms with van der Waals surface area (Å²) in [6.45, 7) is -0.130. The predicted molar refractivity (Wildman–Crippen MR) is 129 cm³/mol. The van der Waals surface area contributed by atoms with Gasteiger partial charge in [0.05, 0.1) is 29.1 Å². The van der Waals surface area contributed by atoms with Gasteiger partial charge >= 0.3 is 0 Å². The lowest BCUT2D eigenvalue weighted by molar-refractivity contribution is -0.225. The quantitative estimate of drug-likeness (QED) is 0.358. The smallest absolute Gasteiger partial charge is 0.246 e. The van der Waals surface area contributed by atoms with Crippen LogP contribution < -0.4 is 16.2 Å². The molecule has 2 bridgehead atoms. The van der Waals surface area contributed by atoms with Gasteiger partial charge in [-0.2, -0.15) is 0 Å². The summed E-state index contributed by atoms with van der Waals surface area (Å²) < 4.78 is 45.5. The van der Waals surface area contributed by atoms with Gasteiger partial charge in [-0.05, 0) is 57.8 Å². The average Bonchev–Trinajstić information content (AvgIpc) is 3.32. The number of aliphatic hydroxyl groups is 1. The molecule has 0 aromatic carbocycles. The Morgan fingerprint density at radius 2 is 1.64 bits per heavy atom. The molecular formula is C24H37Cl2F2N3O5. The number of carbonyl (C=O) groups excluding carboxylic acids is 1. The predicted octanol–water partition coefficient (Wildman–Crippen LogP) is 2.93. The monoisotopic (exact) mass is 555 g/mol. The van der Waals surface area contributed by atoms with E-state index in [0.29, 0.717) is 57.8 Å². The Labute approximate surface area is 220 Å². The third-order valence-electron chi connectivity index (χ3n) is 8.96. The molecule has 6 rings (SSSR count). The van der Waals surface area contributed by atoms with Crippen molar-refractivity contribution in [2.24, 2.45) is 5.41 Å². The summed E-state index contributed by atoms with van der Waals surface area (Å²) in [4.78, 5) is 12.7. The van der Waals surface area contributed by atoms with Crippen LogP contribution >= 0.6 is 23.2 Å². The van der Waals surface area contributed by atoms with Crippen molar-refractivity contribution < 1.29 is 32.9 Å². The number of alkyl halides is 4. The maximum absolute atomic E-state index is 14.0. The van der Waals surface area contributed by atoms with E-state index in [-0.39, 0.29) is 37.6 Å². The largest absolute Gasteiger partial charge is 0.392 e. The maximum Gasteiger partial charge on any atom is 0.246 e. The molecule has 12 heteroatoms. The van der Waals surface area contributed by atoms with Gasteiger partial charge in [0, 0.05) is 23.8 Å². The van der Waals surface area contributed by atoms with Crippen molar-refractivity contribution in [1.29, 1.82) is 0 Å². The maximum atomic E-state index is 14.0. The highest BCUT2D eigenvalue weighted by molar-refractivity contribution is 6.21. The van der Waals surface area contributed by atoms with Gasteiger partial charge in [-0.25, -0.2) is 19.6 Å². The molecular weight excluding hydrogens is 519 g/mol. The molecule has 4 N–H and O–H groups in total. The fourth-order valence-electron chi connectivity index (χ4n) is 6.66. The van der Waals surface area contributed by atoms with Crippen molar-refractivity contribution >= 4 is 29.1 Å². The highest BCUT2D eigenvalue weighted by atomic mass is 35.5. The summed E-state index contributed by atoms with van der Waals surface area (Å²) in [5.41, 5.74) is 5.11. The summed E-state index contributed by atoms with van der Waals surface area (Å²) in [5.74, 6) is -0.247. The van der Waals surface area contributed by atoms with Gasteiger partial charge in [0.1, 0.15) is 25.2 Å². The molecule has 0 aromatic rings. The fraction of sp³-hybridized carbons (Fsp3) is 0.958. The molecule has 0 radical (unpaired) electrons. The number of amides is 1. The van der Waals surface area contributed by atoms with Crippen LogP contribution in [0.3, 0.4) is 0 Å². The Balaban J connectivity index is 1.09. The standard InChI is InChI=1S/C24H37Cl2F2N3O5/c25-15-3-1-13(9-17(15)27)34-12-20(33)29-23-5-7-24(8-6-23,19(32)11-23)21-30-31-22(36-21)35-14-2-4-16(26)18(28)10-14/h13-19,21-22,30-32H,1-12H2,(H,29,33)/t13?,14?,15?,16?,17?,18?,19-,21?,22?,23?,24?/m1/s1. The highest BCUT2D eigenvalue weighted by Gasteiger charge is 2.59. The van der Waals surface area contributed by atoms with Crippen molar-refractivity contribution in [3.05, 3.63) is 0 Å². The topological polar surface area (TPSA) is 101 Å². The number of hydrazine groups is 1. The van der Waals surface area contributed by atoms with Crippen LogP contribution in [-0.2, 0) is 19.0 Å². The first-order valence-corrected chi connectivity index (χ1v) is 14.0. The minimum Gasteiger partial charge on any atom is -0.392 e. The van der Waals surface area contributed by atoms with Gasteiger partial charge in [0.25, 0.3) is 0 Å². The molecule has 5 saturated carbocycles. The summed E-state index contributed by atoms with van der Waals surface area (Å²) in [7, 11) is 0. The van der Waals surface area contributed by atoms with E-state index in [4.69, 9.17) is 37.4 Å². The lowest BCUT2D eigenvalue weighted by Crippen LogP contribution is -2.66. The number of fused-ring (bicyclic) bond motifs is 3. The van der Waals surface area contributed by atoms with E-state index in [1.807, 2.05) is 0 Å². The van der Waals surface area contributed by atoms with Crippen molar-refractivity contribution in [3.8, 4) is 0 Å². The number of ether oxygens (including phenoxy) is 3. The zero-order valence-electron chi connectivity index (χ0n) is 20.3. The molecule has 0 aromatic heterocycles. The van der Waals surface area contributed by atoms with Crippen LogP contribution in [0.15, 0.2) is 0 Å². The van der Waals surface area contributed by atoms with Crippen molar-refractivity contribution in [1.82, 2.24) is 16.2 Å². The summed E-state index contributed by atoms with van der Waals surface area (Å²) in [5, 5.41) is 13.3. The van der Waals surface area contributed by atoms with E-state index in [9.17, 15) is 18.7 Å². The van der Waals surface area contributed by atoms with Crippen LogP contribution in [0.1, 0.15) is 70.6 Å². The third-order valence-corrected chi connectivity index (χ3v) is 9.94. The number of carbonyl (C=O) groups is 1. The van der Waals surface area contributed by atoms with Gasteiger partial charge in [0.2, 0.25) is 12.3 Å². The molecule has 5 aliphatic carbocycles. The van der Waals surface area contributed by atoms with Crippen LogP contribution in [0.2, 0.25) is 0 Å². The number of rotatable bonds is 7. The van der Waals surface area contributed by atoms with Gasteiger partial charge < -0.3 is 24.6 Å². The van der Waals surface area contributed by atoms with Crippen LogP contribution in [0.5, 0.6) is 0 Å². The molecule has 1 aliphatic heterocycles. The number of hydrogen-bond donors (Lipinski definition) is 4. The molecule has 36 heavy (non-hydrogen) atoms. The Morgan fingerprint density at radius 3 is 2.28 bits per heavy atom. The van der Waals surface area contributed by atoms with Crippen LogP contribution in [-0.4, -0.2) is 77.2 Å². The molecule has 6 aliphatic rings. The molecule has 1 amide bonds. The zero-order chi connectivity index (χ0) is 25.5. The second kappa shape index (κ2) is 11.0. The van der Waals surface area contributed by atoms with E-state index in [0.717, 1.165) is 0 Å². The second-order valence-electron chi connectivity index (χ2n) is 11.3. The minimum atomic E-state index is -1.11. The molecule has 206 valence electrons. The molecule has 8 nitrogen and oxygen atoms in total. The third kappa shape index (κ3) is 5.66. The Kier molecular flexibility index (Phi) is 8.35. The van der Waals surface area contributed by atoms with E-state index < -0.39 is 52.8 Å². The van der Waals surface area contributed by atoms with E-state index >= 15 is 0 Å². The Morgan fingerprint density at radius 1 is 1.00 bits per heavy atom. The van der Waals surface area contributed by atoms with Crippen molar-refractivity contribution in [2.75, 3.05) is 6.61 Å². The summed E-state index contributed by atoms with van der Waals surface area (Å²) in [6.07, 6.45) is 1.33. The molecule has 0 spiro atoms. The molecule has 8 unspecified atom stereocenters. The Bertz CT molecular complexity index is 793. The van der Waals surface area contributed by atoms with E-state index in [1.54, 1.807) is 0 Å². The zero-order valence-corrected chi connectivity index (χ0v) is 21.8. The van der Waals surface area contributed by atoms with Crippen molar-refractivity contribution in [3.63, 3.8) is 0 Å². The first-order chi connectivity index (χ1) is 17.2. The second-order valence-corrected chi connectivity index (χ2v) is 12.4. The fourth-order valence-corrected chi connectivity index (χ4v) is 7.12. The first-order valence-electron chi connectivity index (χ1n) is 13.2. The van der Waals surface area contributed by atoms with Gasteiger partial charge in [0.15, 0.2) is 0 Å². The molecule has 9 atom stereocenters. The normalized spacial score (nSPS) is 49.2. The first kappa shape index (κ1) is 27.2. The van der Waals surface area contributed by atoms with Crippen LogP contribution in [0.4, 0.5) is 8.78 Å². The van der Waals surface area contributed by atoms with E-state index in [1.165, 1.54) is 0 Å². The van der Waals surface area contributed by atoms with Crippen LogP contribution in [0.25, 0.3) is 0 Å². The highest BCUT2D eigenvalue weighted by Crippen LogP contribution is 2.55. The van der Waals surface area contributed by atoms with Gasteiger partial charge in [-0.3, -0.25) is 4.79 Å². The SMILES string of the molecule is O=C(COC1CCC(Cl)C(F)C1)NC12CCC(C3NNC(OC4CCC(Cl)C(F)C4)O3)(CC1)[C@H](O)C2. The molecule has 1 heterocycles. The number of nitrogens with one attached hydrogen (secondary N) is 3. The van der Waals surface area contributed by atoms with Crippen molar-refractivity contribution in [2.45, 2.75) is 130 Å². The van der Waals surface area contributed by atoms with E-state index in [2.05, 4.69) is 16.2 Å².